The van der Waals surface area contributed by atoms with Gasteiger partial charge in [0.15, 0.2) is 0 Å². The van der Waals surface area contributed by atoms with Crippen LogP contribution in [0.5, 0.6) is 5.75 Å². The predicted octanol–water partition coefficient (Wildman–Crippen LogP) is 1.34. The van der Waals surface area contributed by atoms with Crippen molar-refractivity contribution in [2.45, 2.75) is 39.5 Å². The van der Waals surface area contributed by atoms with Gasteiger partial charge in [0.1, 0.15) is 18.6 Å². The Bertz CT molecular complexity index is 566. The summed E-state index contributed by atoms with van der Waals surface area (Å²) in [5.41, 5.74) is 1.01. The Morgan fingerprint density at radius 2 is 2.00 bits per heavy atom. The van der Waals surface area contributed by atoms with Gasteiger partial charge in [-0.3, -0.25) is 4.79 Å². The molecule has 1 heterocycles. The number of carbonyl (C=O) groups excluding carboxylic acids is 1. The SMILES string of the molecule is CC(C)Oc1ccc([C@@H](C)NC(=O)Cn2cnnn2)cc1. The molecule has 1 N–H and O–H groups in total. The Morgan fingerprint density at radius 3 is 2.57 bits per heavy atom. The Labute approximate surface area is 123 Å². The molecule has 0 aliphatic rings. The number of amides is 1. The van der Waals surface area contributed by atoms with Crippen LogP contribution in [0.3, 0.4) is 0 Å². The number of hydrogen-bond donors (Lipinski definition) is 1. The van der Waals surface area contributed by atoms with Crippen molar-refractivity contribution < 1.29 is 9.53 Å². The highest BCUT2D eigenvalue weighted by molar-refractivity contribution is 5.76. The van der Waals surface area contributed by atoms with Crippen molar-refractivity contribution in [2.24, 2.45) is 0 Å². The molecule has 1 aromatic heterocycles. The van der Waals surface area contributed by atoms with Crippen LogP contribution >= 0.6 is 0 Å². The van der Waals surface area contributed by atoms with Crippen molar-refractivity contribution in [1.82, 2.24) is 25.5 Å². The molecule has 7 heteroatoms. The third-order valence-corrected chi connectivity index (χ3v) is 2.83. The summed E-state index contributed by atoms with van der Waals surface area (Å²) in [5.74, 6) is 0.679. The minimum absolute atomic E-state index is 0.0953. The Kier molecular flexibility index (Phi) is 4.86. The fraction of sp³-hybridized carbons (Fsp3) is 0.429. The van der Waals surface area contributed by atoms with Crippen molar-refractivity contribution in [3.63, 3.8) is 0 Å². The molecule has 21 heavy (non-hydrogen) atoms. The van der Waals surface area contributed by atoms with E-state index in [0.29, 0.717) is 0 Å². The van der Waals surface area contributed by atoms with Crippen molar-refractivity contribution in [2.75, 3.05) is 0 Å². The zero-order valence-electron chi connectivity index (χ0n) is 12.4. The van der Waals surface area contributed by atoms with Gasteiger partial charge in [0.05, 0.1) is 12.1 Å². The van der Waals surface area contributed by atoms with E-state index in [1.807, 2.05) is 45.0 Å². The van der Waals surface area contributed by atoms with E-state index in [1.165, 1.54) is 11.0 Å². The summed E-state index contributed by atoms with van der Waals surface area (Å²) in [5, 5.41) is 13.5. The summed E-state index contributed by atoms with van der Waals surface area (Å²) in [6.45, 7) is 5.99. The van der Waals surface area contributed by atoms with Gasteiger partial charge >= 0.3 is 0 Å². The number of carbonyl (C=O) groups is 1. The molecule has 0 bridgehead atoms. The number of tetrazole rings is 1. The molecule has 0 aliphatic carbocycles. The number of benzene rings is 1. The Morgan fingerprint density at radius 1 is 1.29 bits per heavy atom. The first kappa shape index (κ1) is 15.0. The molecular formula is C14H19N5O2. The second kappa shape index (κ2) is 6.83. The van der Waals surface area contributed by atoms with E-state index in [1.54, 1.807) is 0 Å². The minimum Gasteiger partial charge on any atom is -0.491 e. The molecule has 0 fully saturated rings. The Hall–Kier alpha value is -2.44. The zero-order chi connectivity index (χ0) is 15.2. The maximum Gasteiger partial charge on any atom is 0.242 e. The number of rotatable bonds is 6. The standard InChI is InChI=1S/C14H19N5O2/c1-10(2)21-13-6-4-12(5-7-13)11(3)16-14(20)8-19-9-15-17-18-19/h4-7,9-11H,8H2,1-3H3,(H,16,20)/t11-/m1/s1. The lowest BCUT2D eigenvalue weighted by Gasteiger charge is -2.15. The van der Waals surface area contributed by atoms with Gasteiger partial charge in [-0.15, -0.1) is 5.10 Å². The second-order valence-electron chi connectivity index (χ2n) is 5.03. The third-order valence-electron chi connectivity index (χ3n) is 2.83. The van der Waals surface area contributed by atoms with Crippen molar-refractivity contribution >= 4 is 5.91 Å². The van der Waals surface area contributed by atoms with E-state index in [4.69, 9.17) is 4.74 Å². The van der Waals surface area contributed by atoms with Crippen LogP contribution in [0.4, 0.5) is 0 Å². The van der Waals surface area contributed by atoms with Crippen LogP contribution in [-0.4, -0.2) is 32.2 Å². The molecule has 1 amide bonds. The average Bonchev–Trinajstić information content (AvgIpc) is 2.91. The maximum atomic E-state index is 11.9. The molecule has 2 aromatic rings. The van der Waals surface area contributed by atoms with Gasteiger partial charge in [-0.05, 0) is 48.9 Å². The van der Waals surface area contributed by atoms with E-state index in [-0.39, 0.29) is 24.6 Å². The van der Waals surface area contributed by atoms with Gasteiger partial charge in [-0.1, -0.05) is 12.1 Å². The number of nitrogens with zero attached hydrogens (tertiary/aromatic N) is 4. The van der Waals surface area contributed by atoms with Crippen LogP contribution in [-0.2, 0) is 11.3 Å². The Balaban J connectivity index is 1.90. The van der Waals surface area contributed by atoms with E-state index >= 15 is 0 Å². The highest BCUT2D eigenvalue weighted by Gasteiger charge is 2.11. The van der Waals surface area contributed by atoms with Crippen molar-refractivity contribution in [3.05, 3.63) is 36.2 Å². The van der Waals surface area contributed by atoms with Crippen LogP contribution in [0.2, 0.25) is 0 Å². The minimum atomic E-state index is -0.141. The van der Waals surface area contributed by atoms with Crippen LogP contribution in [0, 0.1) is 0 Å². The smallest absolute Gasteiger partial charge is 0.242 e. The van der Waals surface area contributed by atoms with E-state index in [9.17, 15) is 4.79 Å². The highest BCUT2D eigenvalue weighted by atomic mass is 16.5. The molecule has 0 saturated heterocycles. The molecule has 0 spiro atoms. The van der Waals surface area contributed by atoms with E-state index in [2.05, 4.69) is 20.8 Å². The summed E-state index contributed by atoms with van der Waals surface area (Å²) in [4.78, 5) is 11.9. The zero-order valence-corrected chi connectivity index (χ0v) is 12.4. The number of hydrogen-bond acceptors (Lipinski definition) is 5. The van der Waals surface area contributed by atoms with Gasteiger partial charge in [0.2, 0.25) is 5.91 Å². The van der Waals surface area contributed by atoms with Crippen molar-refractivity contribution in [3.8, 4) is 5.75 Å². The maximum absolute atomic E-state index is 11.9. The van der Waals surface area contributed by atoms with Gasteiger partial charge in [0.25, 0.3) is 0 Å². The lowest BCUT2D eigenvalue weighted by atomic mass is 10.1. The molecule has 1 atom stereocenters. The monoisotopic (exact) mass is 289 g/mol. The van der Waals surface area contributed by atoms with Crippen LogP contribution in [0.15, 0.2) is 30.6 Å². The van der Waals surface area contributed by atoms with Gasteiger partial charge < -0.3 is 10.1 Å². The predicted molar refractivity (Wildman–Crippen MR) is 76.6 cm³/mol. The average molecular weight is 289 g/mol. The summed E-state index contributed by atoms with van der Waals surface area (Å²) >= 11 is 0. The quantitative estimate of drug-likeness (QED) is 0.867. The first-order valence-corrected chi connectivity index (χ1v) is 6.81. The molecule has 2 rings (SSSR count). The van der Waals surface area contributed by atoms with E-state index < -0.39 is 0 Å². The highest BCUT2D eigenvalue weighted by Crippen LogP contribution is 2.18. The molecule has 0 saturated carbocycles. The van der Waals surface area contributed by atoms with Crippen molar-refractivity contribution in [1.29, 1.82) is 0 Å². The van der Waals surface area contributed by atoms with E-state index in [0.717, 1.165) is 11.3 Å². The van der Waals surface area contributed by atoms with Gasteiger partial charge in [0, 0.05) is 0 Å². The summed E-state index contributed by atoms with van der Waals surface area (Å²) in [6.07, 6.45) is 1.55. The fourth-order valence-corrected chi connectivity index (χ4v) is 1.88. The molecular weight excluding hydrogens is 270 g/mol. The summed E-state index contributed by atoms with van der Waals surface area (Å²) < 4.78 is 6.96. The summed E-state index contributed by atoms with van der Waals surface area (Å²) in [7, 11) is 0. The molecule has 0 aliphatic heterocycles. The largest absolute Gasteiger partial charge is 0.491 e. The molecule has 0 radical (unpaired) electrons. The fourth-order valence-electron chi connectivity index (χ4n) is 1.88. The van der Waals surface area contributed by atoms with Crippen LogP contribution in [0.1, 0.15) is 32.4 Å². The lowest BCUT2D eigenvalue weighted by molar-refractivity contribution is -0.122. The topological polar surface area (TPSA) is 81.9 Å². The summed E-state index contributed by atoms with van der Waals surface area (Å²) in [6, 6.07) is 7.60. The molecule has 0 unspecified atom stereocenters. The van der Waals surface area contributed by atoms with Gasteiger partial charge in [-0.2, -0.15) is 0 Å². The van der Waals surface area contributed by atoms with Crippen LogP contribution in [0.25, 0.3) is 0 Å². The molecule has 112 valence electrons. The lowest BCUT2D eigenvalue weighted by Crippen LogP contribution is -2.30. The third kappa shape index (κ3) is 4.55. The molecule has 7 nitrogen and oxygen atoms in total. The number of aromatic nitrogens is 4. The normalized spacial score (nSPS) is 12.2. The second-order valence-corrected chi connectivity index (χ2v) is 5.03. The van der Waals surface area contributed by atoms with Gasteiger partial charge in [-0.25, -0.2) is 4.68 Å². The first-order chi connectivity index (χ1) is 10.0. The number of nitrogens with one attached hydrogen (secondary N) is 1. The number of ether oxygens (including phenoxy) is 1. The molecule has 1 aromatic carbocycles. The van der Waals surface area contributed by atoms with Crippen LogP contribution < -0.4 is 10.1 Å². The first-order valence-electron chi connectivity index (χ1n) is 6.81.